The van der Waals surface area contributed by atoms with Crippen LogP contribution in [-0.4, -0.2) is 31.7 Å². The highest BCUT2D eigenvalue weighted by Gasteiger charge is 2.31. The lowest BCUT2D eigenvalue weighted by atomic mass is 10.1. The summed E-state index contributed by atoms with van der Waals surface area (Å²) in [6.07, 6.45) is 5.34. The number of amides is 1. The third-order valence-electron chi connectivity index (χ3n) is 3.21. The number of hydrogen-bond donors (Lipinski definition) is 1. The number of carbonyl (C=O) groups excluding carboxylic acids is 1. The van der Waals surface area contributed by atoms with E-state index in [4.69, 9.17) is 15.9 Å². The van der Waals surface area contributed by atoms with E-state index >= 15 is 0 Å². The van der Waals surface area contributed by atoms with Crippen molar-refractivity contribution in [2.45, 2.75) is 13.0 Å². The van der Waals surface area contributed by atoms with Gasteiger partial charge in [0.25, 0.3) is 0 Å². The van der Waals surface area contributed by atoms with E-state index in [-0.39, 0.29) is 18.5 Å². The molecular weight excluding hydrogens is 244 g/mol. The van der Waals surface area contributed by atoms with E-state index in [1.807, 2.05) is 13.0 Å². The van der Waals surface area contributed by atoms with E-state index < -0.39 is 0 Å². The second kappa shape index (κ2) is 4.39. The minimum atomic E-state index is -0.302. The summed E-state index contributed by atoms with van der Waals surface area (Å²) >= 11 is 0. The summed E-state index contributed by atoms with van der Waals surface area (Å²) in [5.74, 6) is 3.82. The van der Waals surface area contributed by atoms with Gasteiger partial charge in [-0.05, 0) is 6.92 Å². The van der Waals surface area contributed by atoms with E-state index in [0.717, 1.165) is 11.4 Å². The van der Waals surface area contributed by atoms with Crippen LogP contribution in [0.1, 0.15) is 6.92 Å². The van der Waals surface area contributed by atoms with Crippen molar-refractivity contribution in [2.75, 3.05) is 30.0 Å². The van der Waals surface area contributed by atoms with Gasteiger partial charge in [0.2, 0.25) is 5.91 Å². The summed E-state index contributed by atoms with van der Waals surface area (Å²) < 4.78 is 11.1. The molecule has 0 spiro atoms. The Morgan fingerprint density at radius 3 is 2.79 bits per heavy atom. The van der Waals surface area contributed by atoms with Crippen LogP contribution in [0.3, 0.4) is 0 Å². The van der Waals surface area contributed by atoms with Crippen molar-refractivity contribution in [1.29, 1.82) is 0 Å². The molecule has 19 heavy (non-hydrogen) atoms. The van der Waals surface area contributed by atoms with Crippen molar-refractivity contribution >= 4 is 17.3 Å². The first-order chi connectivity index (χ1) is 9.20. The quantitative estimate of drug-likeness (QED) is 0.770. The molecule has 98 valence electrons. The van der Waals surface area contributed by atoms with E-state index in [1.54, 1.807) is 11.0 Å². The normalized spacial score (nSPS) is 20.3. The molecule has 0 saturated heterocycles. The molecule has 5 heteroatoms. The van der Waals surface area contributed by atoms with E-state index in [9.17, 15) is 4.79 Å². The molecule has 0 bridgehead atoms. The molecule has 1 aromatic carbocycles. The molecule has 0 fully saturated rings. The van der Waals surface area contributed by atoms with Gasteiger partial charge in [-0.25, -0.2) is 0 Å². The smallest absolute Gasteiger partial charge is 0.250 e. The molecule has 0 radical (unpaired) electrons. The predicted molar refractivity (Wildman–Crippen MR) is 71.7 cm³/mol. The van der Waals surface area contributed by atoms with Crippen LogP contribution < -0.4 is 19.7 Å². The lowest BCUT2D eigenvalue weighted by Gasteiger charge is -2.34. The van der Waals surface area contributed by atoms with Gasteiger partial charge < -0.3 is 14.8 Å². The van der Waals surface area contributed by atoms with Crippen LogP contribution in [0.2, 0.25) is 0 Å². The van der Waals surface area contributed by atoms with Crippen molar-refractivity contribution in [3.05, 3.63) is 12.1 Å². The monoisotopic (exact) mass is 258 g/mol. The minimum absolute atomic E-state index is 0.0397. The molecule has 0 saturated carbocycles. The number of benzene rings is 1. The number of carbonyl (C=O) groups is 1. The van der Waals surface area contributed by atoms with Gasteiger partial charge in [0.15, 0.2) is 11.5 Å². The number of anilines is 2. The zero-order chi connectivity index (χ0) is 13.4. The van der Waals surface area contributed by atoms with Crippen LogP contribution in [0.5, 0.6) is 11.5 Å². The van der Waals surface area contributed by atoms with Crippen molar-refractivity contribution in [3.8, 4) is 23.8 Å². The fourth-order valence-corrected chi connectivity index (χ4v) is 2.32. The van der Waals surface area contributed by atoms with Crippen LogP contribution in [0, 0.1) is 12.3 Å². The Morgan fingerprint density at radius 2 is 2.11 bits per heavy atom. The number of hydrogen-bond acceptors (Lipinski definition) is 4. The number of rotatable bonds is 1. The largest absolute Gasteiger partial charge is 0.486 e. The van der Waals surface area contributed by atoms with E-state index in [0.29, 0.717) is 24.7 Å². The summed E-state index contributed by atoms with van der Waals surface area (Å²) in [5.41, 5.74) is 1.58. The molecule has 1 aromatic rings. The van der Waals surface area contributed by atoms with E-state index in [1.165, 1.54) is 0 Å². The zero-order valence-electron chi connectivity index (χ0n) is 10.6. The number of fused-ring (bicyclic) bond motifs is 2. The Labute approximate surface area is 111 Å². The molecule has 5 nitrogen and oxygen atoms in total. The molecule has 0 aliphatic carbocycles. The van der Waals surface area contributed by atoms with Crippen molar-refractivity contribution in [2.24, 2.45) is 0 Å². The third-order valence-corrected chi connectivity index (χ3v) is 3.21. The van der Waals surface area contributed by atoms with E-state index in [2.05, 4.69) is 11.2 Å². The molecule has 1 amide bonds. The molecular formula is C14H14N2O3. The predicted octanol–water partition coefficient (Wildman–Crippen LogP) is 1.24. The number of nitrogens with one attached hydrogen (secondary N) is 1. The van der Waals surface area contributed by atoms with Crippen molar-refractivity contribution < 1.29 is 14.3 Å². The summed E-state index contributed by atoms with van der Waals surface area (Å²) in [5, 5.41) is 3.15. The van der Waals surface area contributed by atoms with Crippen LogP contribution in [0.15, 0.2) is 12.1 Å². The molecule has 2 aliphatic heterocycles. The standard InChI is InChI=1S/C14H14N2O3/c1-3-4-16-11-8-13-12(18-5-6-19-13)7-10(11)15-9(2)14(16)17/h1,7-9,15H,4-6H2,2H3. The second-order valence-electron chi connectivity index (χ2n) is 4.51. The number of nitrogens with zero attached hydrogens (tertiary/aromatic N) is 1. The van der Waals surface area contributed by atoms with Crippen LogP contribution in [-0.2, 0) is 4.79 Å². The Kier molecular flexibility index (Phi) is 2.71. The van der Waals surface area contributed by atoms with Gasteiger partial charge in [-0.1, -0.05) is 5.92 Å². The number of ether oxygens (including phenoxy) is 2. The highest BCUT2D eigenvalue weighted by atomic mass is 16.6. The summed E-state index contributed by atoms with van der Waals surface area (Å²) in [4.78, 5) is 13.7. The highest BCUT2D eigenvalue weighted by Crippen LogP contribution is 2.42. The Bertz CT molecular complexity index is 577. The van der Waals surface area contributed by atoms with Gasteiger partial charge in [0, 0.05) is 12.1 Å². The Balaban J connectivity index is 2.09. The van der Waals surface area contributed by atoms with Crippen LogP contribution in [0.4, 0.5) is 11.4 Å². The molecule has 1 N–H and O–H groups in total. The molecule has 3 rings (SSSR count). The summed E-state index contributed by atoms with van der Waals surface area (Å²) in [6, 6.07) is 3.36. The average Bonchev–Trinajstić information content (AvgIpc) is 2.42. The summed E-state index contributed by atoms with van der Waals surface area (Å²) in [7, 11) is 0. The lowest BCUT2D eigenvalue weighted by Crippen LogP contribution is -2.46. The Morgan fingerprint density at radius 1 is 1.42 bits per heavy atom. The molecule has 1 atom stereocenters. The van der Waals surface area contributed by atoms with Gasteiger partial charge in [0.1, 0.15) is 19.3 Å². The first kappa shape index (κ1) is 11.7. The number of terminal acetylenes is 1. The van der Waals surface area contributed by atoms with Gasteiger partial charge in [-0.15, -0.1) is 6.42 Å². The maximum atomic E-state index is 12.1. The topological polar surface area (TPSA) is 50.8 Å². The molecule has 0 aromatic heterocycles. The summed E-state index contributed by atoms with van der Waals surface area (Å²) in [6.45, 7) is 3.11. The highest BCUT2D eigenvalue weighted by molar-refractivity contribution is 6.05. The first-order valence-corrected chi connectivity index (χ1v) is 6.15. The fraction of sp³-hybridized carbons (Fsp3) is 0.357. The SMILES string of the molecule is C#CCN1C(=O)C(C)Nc2cc3c(cc21)OCCO3. The average molecular weight is 258 g/mol. The second-order valence-corrected chi connectivity index (χ2v) is 4.51. The molecule has 2 aliphatic rings. The fourth-order valence-electron chi connectivity index (χ4n) is 2.32. The molecule has 2 heterocycles. The maximum absolute atomic E-state index is 12.1. The van der Waals surface area contributed by atoms with Crippen LogP contribution in [0.25, 0.3) is 0 Å². The van der Waals surface area contributed by atoms with Gasteiger partial charge >= 0.3 is 0 Å². The van der Waals surface area contributed by atoms with Gasteiger partial charge in [0.05, 0.1) is 17.9 Å². The molecule has 1 unspecified atom stereocenters. The Hall–Kier alpha value is -2.35. The zero-order valence-corrected chi connectivity index (χ0v) is 10.6. The first-order valence-electron chi connectivity index (χ1n) is 6.15. The van der Waals surface area contributed by atoms with Crippen molar-refractivity contribution in [1.82, 2.24) is 0 Å². The van der Waals surface area contributed by atoms with Crippen LogP contribution >= 0.6 is 0 Å². The van der Waals surface area contributed by atoms with Crippen molar-refractivity contribution in [3.63, 3.8) is 0 Å². The lowest BCUT2D eigenvalue weighted by molar-refractivity contribution is -0.119. The minimum Gasteiger partial charge on any atom is -0.486 e. The van der Waals surface area contributed by atoms with Gasteiger partial charge in [-0.2, -0.15) is 0 Å². The maximum Gasteiger partial charge on any atom is 0.250 e. The third kappa shape index (κ3) is 1.85. The van der Waals surface area contributed by atoms with Gasteiger partial charge in [-0.3, -0.25) is 9.69 Å².